The van der Waals surface area contributed by atoms with Gasteiger partial charge < -0.3 is 10.4 Å². The zero-order chi connectivity index (χ0) is 11.7. The van der Waals surface area contributed by atoms with Crippen molar-refractivity contribution < 1.29 is 9.90 Å². The van der Waals surface area contributed by atoms with Crippen LogP contribution < -0.4 is 5.32 Å². The predicted octanol–water partition coefficient (Wildman–Crippen LogP) is 2.27. The van der Waals surface area contributed by atoms with Crippen molar-refractivity contribution in [2.45, 2.75) is 6.92 Å². The van der Waals surface area contributed by atoms with Crippen molar-refractivity contribution in [3.8, 4) is 5.75 Å². The Labute approximate surface area is 103 Å². The minimum absolute atomic E-state index is 0.165. The van der Waals surface area contributed by atoms with Crippen LogP contribution in [0.15, 0.2) is 29.2 Å². The number of benzene rings is 1. The second kappa shape index (κ2) is 4.27. The maximum atomic E-state index is 11.6. The molecule has 0 unspecified atom stereocenters. The number of thioether (sulfide) groups is 1. The lowest BCUT2D eigenvalue weighted by atomic mass is 10.1. The van der Waals surface area contributed by atoms with Crippen LogP contribution in [0.5, 0.6) is 5.75 Å². The molecule has 16 heavy (non-hydrogen) atoms. The molecule has 0 aliphatic carbocycles. The van der Waals surface area contributed by atoms with E-state index in [2.05, 4.69) is 5.32 Å². The SMILES string of the molecule is CC(=C1SC(=S)NC1=O)c1ccccc1O. The van der Waals surface area contributed by atoms with E-state index in [1.165, 1.54) is 11.8 Å². The molecule has 0 radical (unpaired) electrons. The van der Waals surface area contributed by atoms with E-state index >= 15 is 0 Å². The van der Waals surface area contributed by atoms with Crippen LogP contribution in [0.4, 0.5) is 0 Å². The molecule has 1 amide bonds. The molecular formula is C11H9NO2S2. The lowest BCUT2D eigenvalue weighted by Gasteiger charge is -2.05. The van der Waals surface area contributed by atoms with Gasteiger partial charge in [0, 0.05) is 5.56 Å². The lowest BCUT2D eigenvalue weighted by molar-refractivity contribution is -0.115. The summed E-state index contributed by atoms with van der Waals surface area (Å²) in [7, 11) is 0. The molecular weight excluding hydrogens is 242 g/mol. The van der Waals surface area contributed by atoms with Crippen molar-refractivity contribution in [2.24, 2.45) is 0 Å². The maximum absolute atomic E-state index is 11.6. The molecule has 0 bridgehead atoms. The summed E-state index contributed by atoms with van der Waals surface area (Å²) < 4.78 is 0.453. The number of carbonyl (C=O) groups excluding carboxylic acids is 1. The lowest BCUT2D eigenvalue weighted by Crippen LogP contribution is -2.18. The van der Waals surface area contributed by atoms with Crippen LogP contribution in [-0.4, -0.2) is 15.3 Å². The van der Waals surface area contributed by atoms with Crippen LogP contribution >= 0.6 is 24.0 Å². The summed E-state index contributed by atoms with van der Waals surface area (Å²) in [6.07, 6.45) is 0. The second-order valence-corrected chi connectivity index (χ2v) is 5.00. The van der Waals surface area contributed by atoms with Gasteiger partial charge in [-0.15, -0.1) is 0 Å². The fraction of sp³-hybridized carbons (Fsp3) is 0.0909. The van der Waals surface area contributed by atoms with Crippen LogP contribution in [0.1, 0.15) is 12.5 Å². The summed E-state index contributed by atoms with van der Waals surface area (Å²) >= 11 is 6.13. The van der Waals surface area contributed by atoms with E-state index in [1.807, 2.05) is 6.07 Å². The number of phenolic OH excluding ortho intramolecular Hbond substituents is 1. The number of allylic oxidation sites excluding steroid dienone is 1. The number of carbonyl (C=O) groups is 1. The van der Waals surface area contributed by atoms with Gasteiger partial charge in [0.15, 0.2) is 0 Å². The highest BCUT2D eigenvalue weighted by Gasteiger charge is 2.25. The van der Waals surface area contributed by atoms with E-state index in [-0.39, 0.29) is 11.7 Å². The predicted molar refractivity (Wildman–Crippen MR) is 69.0 cm³/mol. The van der Waals surface area contributed by atoms with Crippen LogP contribution in [0.2, 0.25) is 0 Å². The first-order valence-electron chi connectivity index (χ1n) is 4.62. The maximum Gasteiger partial charge on any atom is 0.263 e. The molecule has 1 heterocycles. The van der Waals surface area contributed by atoms with Crippen LogP contribution in [0, 0.1) is 0 Å². The van der Waals surface area contributed by atoms with Crippen molar-refractivity contribution in [2.75, 3.05) is 0 Å². The van der Waals surface area contributed by atoms with Gasteiger partial charge in [-0.1, -0.05) is 42.2 Å². The minimum atomic E-state index is -0.198. The summed E-state index contributed by atoms with van der Waals surface area (Å²) in [5.74, 6) is -0.0329. The molecule has 2 N–H and O–H groups in total. The highest BCUT2D eigenvalue weighted by atomic mass is 32.2. The van der Waals surface area contributed by atoms with Crippen molar-refractivity contribution in [1.82, 2.24) is 5.32 Å². The standard InChI is InChI=1S/C11H9NO2S2/c1-6(7-4-2-3-5-8(7)13)9-10(14)12-11(15)16-9/h2-5,13H,1H3,(H,12,14,15). The molecule has 5 heteroatoms. The first-order valence-corrected chi connectivity index (χ1v) is 5.84. The molecule has 1 aliphatic rings. The number of hydrogen-bond acceptors (Lipinski definition) is 4. The zero-order valence-electron chi connectivity index (χ0n) is 8.48. The Kier molecular flexibility index (Phi) is 2.98. The molecule has 1 saturated heterocycles. The van der Waals surface area contributed by atoms with Crippen molar-refractivity contribution in [3.63, 3.8) is 0 Å². The second-order valence-electron chi connectivity index (χ2n) is 3.31. The number of hydrogen-bond donors (Lipinski definition) is 2. The first kappa shape index (κ1) is 11.2. The van der Waals surface area contributed by atoms with Gasteiger partial charge in [0.05, 0.1) is 4.91 Å². The Morgan fingerprint density at radius 2 is 2.12 bits per heavy atom. The van der Waals surface area contributed by atoms with E-state index in [9.17, 15) is 9.90 Å². The number of phenols is 1. The van der Waals surface area contributed by atoms with Gasteiger partial charge in [-0.05, 0) is 18.6 Å². The number of amides is 1. The molecule has 0 atom stereocenters. The smallest absolute Gasteiger partial charge is 0.263 e. The van der Waals surface area contributed by atoms with E-state index in [0.29, 0.717) is 14.8 Å². The minimum Gasteiger partial charge on any atom is -0.507 e. The molecule has 2 rings (SSSR count). The molecule has 1 fully saturated rings. The van der Waals surface area contributed by atoms with Crippen LogP contribution in [-0.2, 0) is 4.79 Å². The van der Waals surface area contributed by atoms with Crippen molar-refractivity contribution in [1.29, 1.82) is 0 Å². The highest BCUT2D eigenvalue weighted by molar-refractivity contribution is 8.26. The van der Waals surface area contributed by atoms with Crippen molar-refractivity contribution in [3.05, 3.63) is 34.7 Å². The van der Waals surface area contributed by atoms with E-state index in [1.54, 1.807) is 25.1 Å². The normalized spacial score (nSPS) is 18.6. The Bertz CT molecular complexity index is 508. The summed E-state index contributed by atoms with van der Waals surface area (Å²) in [4.78, 5) is 12.1. The molecule has 82 valence electrons. The monoisotopic (exact) mass is 251 g/mol. The average molecular weight is 251 g/mol. The van der Waals surface area contributed by atoms with E-state index in [4.69, 9.17) is 12.2 Å². The fourth-order valence-corrected chi connectivity index (χ4v) is 2.55. The quantitative estimate of drug-likeness (QED) is 0.594. The molecule has 0 saturated carbocycles. The van der Waals surface area contributed by atoms with Gasteiger partial charge >= 0.3 is 0 Å². The average Bonchev–Trinajstić information content (AvgIpc) is 2.58. The number of rotatable bonds is 1. The molecule has 0 aromatic heterocycles. The molecule has 0 spiro atoms. The molecule has 1 aromatic carbocycles. The Balaban J connectivity index is 2.49. The molecule has 1 aromatic rings. The highest BCUT2D eigenvalue weighted by Crippen LogP contribution is 2.34. The van der Waals surface area contributed by atoms with Gasteiger partial charge in [0.1, 0.15) is 10.1 Å². The van der Waals surface area contributed by atoms with Crippen LogP contribution in [0.3, 0.4) is 0 Å². The summed E-state index contributed by atoms with van der Waals surface area (Å²) in [6.45, 7) is 1.80. The van der Waals surface area contributed by atoms with Gasteiger partial charge in [0.25, 0.3) is 5.91 Å². The van der Waals surface area contributed by atoms with Crippen LogP contribution in [0.25, 0.3) is 5.57 Å². The molecule has 1 aliphatic heterocycles. The van der Waals surface area contributed by atoms with E-state index in [0.717, 1.165) is 5.57 Å². The van der Waals surface area contributed by atoms with E-state index < -0.39 is 0 Å². The Hall–Kier alpha value is -1.33. The first-order chi connectivity index (χ1) is 7.59. The fourth-order valence-electron chi connectivity index (χ4n) is 1.47. The zero-order valence-corrected chi connectivity index (χ0v) is 10.1. The topological polar surface area (TPSA) is 49.3 Å². The third kappa shape index (κ3) is 1.96. The number of para-hydroxylation sites is 1. The number of aromatic hydroxyl groups is 1. The number of nitrogens with one attached hydrogen (secondary N) is 1. The summed E-state index contributed by atoms with van der Waals surface area (Å²) in [6, 6.07) is 6.92. The molecule has 3 nitrogen and oxygen atoms in total. The Morgan fingerprint density at radius 3 is 2.69 bits per heavy atom. The number of thiocarbonyl (C=S) groups is 1. The Morgan fingerprint density at radius 1 is 1.44 bits per heavy atom. The largest absolute Gasteiger partial charge is 0.507 e. The van der Waals surface area contributed by atoms with Gasteiger partial charge in [0.2, 0.25) is 0 Å². The van der Waals surface area contributed by atoms with Gasteiger partial charge in [-0.3, -0.25) is 4.79 Å². The summed E-state index contributed by atoms with van der Waals surface area (Å²) in [5.41, 5.74) is 1.39. The van der Waals surface area contributed by atoms with Gasteiger partial charge in [-0.25, -0.2) is 0 Å². The third-order valence-corrected chi connectivity index (χ3v) is 3.60. The van der Waals surface area contributed by atoms with Crippen molar-refractivity contribution >= 4 is 39.8 Å². The van der Waals surface area contributed by atoms with Gasteiger partial charge in [-0.2, -0.15) is 0 Å². The third-order valence-electron chi connectivity index (χ3n) is 2.27. The summed E-state index contributed by atoms with van der Waals surface area (Å²) in [5, 5.41) is 12.2.